The van der Waals surface area contributed by atoms with Crippen LogP contribution in [0.5, 0.6) is 11.5 Å². The molecule has 0 aliphatic rings. The molecule has 3 aromatic rings. The van der Waals surface area contributed by atoms with E-state index >= 15 is 0 Å². The minimum absolute atomic E-state index is 0.297. The molecular formula is C12H10O2S2. The van der Waals surface area contributed by atoms with E-state index in [0.29, 0.717) is 11.5 Å². The van der Waals surface area contributed by atoms with Crippen LogP contribution in [0.15, 0.2) is 12.1 Å². The largest absolute Gasteiger partial charge is 0.506 e. The van der Waals surface area contributed by atoms with Gasteiger partial charge in [0.25, 0.3) is 0 Å². The van der Waals surface area contributed by atoms with Gasteiger partial charge in [0.15, 0.2) is 0 Å². The Morgan fingerprint density at radius 1 is 0.812 bits per heavy atom. The van der Waals surface area contributed by atoms with Crippen molar-refractivity contribution in [1.82, 2.24) is 0 Å². The summed E-state index contributed by atoms with van der Waals surface area (Å²) in [5.41, 5.74) is 0. The first kappa shape index (κ1) is 9.93. The summed E-state index contributed by atoms with van der Waals surface area (Å²) in [6, 6.07) is 3.84. The number of rotatable bonds is 0. The van der Waals surface area contributed by atoms with Crippen molar-refractivity contribution in [2.75, 3.05) is 0 Å². The normalized spacial score (nSPS) is 11.6. The molecule has 2 aromatic heterocycles. The number of aryl methyl sites for hydroxylation is 2. The number of fused-ring (bicyclic) bond motifs is 2. The first-order valence-electron chi connectivity index (χ1n) is 4.92. The summed E-state index contributed by atoms with van der Waals surface area (Å²) in [5.74, 6) is 0.593. The fourth-order valence-electron chi connectivity index (χ4n) is 1.98. The van der Waals surface area contributed by atoms with Crippen LogP contribution < -0.4 is 0 Å². The number of hydrogen-bond donors (Lipinski definition) is 2. The highest BCUT2D eigenvalue weighted by Gasteiger charge is 2.16. The Morgan fingerprint density at radius 2 is 1.19 bits per heavy atom. The second-order valence-electron chi connectivity index (χ2n) is 3.90. The molecule has 0 bridgehead atoms. The molecule has 2 nitrogen and oxygen atoms in total. The first-order chi connectivity index (χ1) is 7.58. The summed E-state index contributed by atoms with van der Waals surface area (Å²) in [6.45, 7) is 3.95. The van der Waals surface area contributed by atoms with E-state index in [1.807, 2.05) is 26.0 Å². The Hall–Kier alpha value is -1.26. The van der Waals surface area contributed by atoms with E-state index in [9.17, 15) is 10.2 Å². The van der Waals surface area contributed by atoms with Crippen molar-refractivity contribution in [1.29, 1.82) is 0 Å². The monoisotopic (exact) mass is 250 g/mol. The Kier molecular flexibility index (Phi) is 1.94. The molecule has 16 heavy (non-hydrogen) atoms. The number of aromatic hydroxyl groups is 2. The number of phenolic OH excluding ortho intramolecular Hbond substituents is 2. The summed E-state index contributed by atoms with van der Waals surface area (Å²) < 4.78 is 1.56. The molecule has 0 saturated carbocycles. The summed E-state index contributed by atoms with van der Waals surface area (Å²) in [7, 11) is 0. The summed E-state index contributed by atoms with van der Waals surface area (Å²) in [5, 5.41) is 21.9. The average molecular weight is 250 g/mol. The van der Waals surface area contributed by atoms with Gasteiger partial charge in [0.1, 0.15) is 11.5 Å². The Morgan fingerprint density at radius 3 is 1.56 bits per heavy atom. The van der Waals surface area contributed by atoms with Crippen LogP contribution in [0.3, 0.4) is 0 Å². The smallest absolute Gasteiger partial charge is 0.142 e. The van der Waals surface area contributed by atoms with Crippen molar-refractivity contribution >= 4 is 42.8 Å². The van der Waals surface area contributed by atoms with E-state index < -0.39 is 0 Å². The van der Waals surface area contributed by atoms with E-state index in [0.717, 1.165) is 29.9 Å². The standard InChI is InChI=1S/C12H10O2S2/c1-5-3-7-9(13)12-8(4-6(2)16-12)10(14)11(7)15-5/h3-4,13-14H,1-2H3. The van der Waals surface area contributed by atoms with Crippen LogP contribution in [-0.2, 0) is 0 Å². The van der Waals surface area contributed by atoms with Gasteiger partial charge in [-0.15, -0.1) is 22.7 Å². The van der Waals surface area contributed by atoms with E-state index in [1.165, 1.54) is 22.7 Å². The molecule has 0 aliphatic heterocycles. The quantitative estimate of drug-likeness (QED) is 0.588. The van der Waals surface area contributed by atoms with Gasteiger partial charge in [0.05, 0.1) is 9.40 Å². The lowest BCUT2D eigenvalue weighted by atomic mass is 10.1. The van der Waals surface area contributed by atoms with Crippen LogP contribution in [0.2, 0.25) is 0 Å². The van der Waals surface area contributed by atoms with E-state index in [4.69, 9.17) is 0 Å². The van der Waals surface area contributed by atoms with Crippen LogP contribution >= 0.6 is 22.7 Å². The van der Waals surface area contributed by atoms with Gasteiger partial charge >= 0.3 is 0 Å². The topological polar surface area (TPSA) is 40.5 Å². The molecule has 1 aromatic carbocycles. The van der Waals surface area contributed by atoms with Crippen molar-refractivity contribution < 1.29 is 10.2 Å². The molecular weight excluding hydrogens is 240 g/mol. The van der Waals surface area contributed by atoms with Crippen molar-refractivity contribution in [3.05, 3.63) is 21.9 Å². The van der Waals surface area contributed by atoms with Gasteiger partial charge in [-0.1, -0.05) is 0 Å². The van der Waals surface area contributed by atoms with Gasteiger partial charge in [-0.05, 0) is 26.0 Å². The first-order valence-corrected chi connectivity index (χ1v) is 6.55. The van der Waals surface area contributed by atoms with E-state index in [1.54, 1.807) is 0 Å². The van der Waals surface area contributed by atoms with E-state index in [-0.39, 0.29) is 0 Å². The zero-order chi connectivity index (χ0) is 11.4. The minimum atomic E-state index is 0.297. The molecule has 3 rings (SSSR count). The van der Waals surface area contributed by atoms with Crippen LogP contribution in [-0.4, -0.2) is 10.2 Å². The summed E-state index contributed by atoms with van der Waals surface area (Å²) in [4.78, 5) is 2.19. The van der Waals surface area contributed by atoms with Gasteiger partial charge in [0.2, 0.25) is 0 Å². The third kappa shape index (κ3) is 1.17. The predicted octanol–water partition coefficient (Wildman–Crippen LogP) is 4.14. The van der Waals surface area contributed by atoms with Gasteiger partial charge in [-0.3, -0.25) is 0 Å². The number of hydrogen-bond acceptors (Lipinski definition) is 4. The molecule has 0 amide bonds. The van der Waals surface area contributed by atoms with Crippen LogP contribution in [0, 0.1) is 13.8 Å². The fraction of sp³-hybridized carbons (Fsp3) is 0.167. The maximum atomic E-state index is 10.2. The summed E-state index contributed by atoms with van der Waals surface area (Å²) in [6.07, 6.45) is 0. The molecule has 2 heterocycles. The second-order valence-corrected chi connectivity index (χ2v) is 6.41. The van der Waals surface area contributed by atoms with Gasteiger partial charge in [-0.25, -0.2) is 0 Å². The third-order valence-electron chi connectivity index (χ3n) is 2.65. The second kappa shape index (κ2) is 3.12. The molecule has 0 spiro atoms. The van der Waals surface area contributed by atoms with Crippen LogP contribution in [0.4, 0.5) is 0 Å². The molecule has 0 fully saturated rings. The van der Waals surface area contributed by atoms with Gasteiger partial charge in [0, 0.05) is 20.5 Å². The molecule has 4 heteroatoms. The van der Waals surface area contributed by atoms with Crippen LogP contribution in [0.1, 0.15) is 9.75 Å². The highest BCUT2D eigenvalue weighted by molar-refractivity contribution is 7.21. The zero-order valence-electron chi connectivity index (χ0n) is 8.87. The average Bonchev–Trinajstić information content (AvgIpc) is 2.78. The van der Waals surface area contributed by atoms with Crippen LogP contribution in [0.25, 0.3) is 20.2 Å². The molecule has 0 aliphatic carbocycles. The lowest BCUT2D eigenvalue weighted by Gasteiger charge is -2.00. The predicted molar refractivity (Wildman–Crippen MR) is 70.0 cm³/mol. The number of phenols is 2. The maximum Gasteiger partial charge on any atom is 0.142 e. The molecule has 0 radical (unpaired) electrons. The SMILES string of the molecule is Cc1cc2c(O)c3sc(C)cc3c(O)c2s1. The number of benzene rings is 1. The third-order valence-corrected chi connectivity index (χ3v) is 4.77. The molecule has 0 saturated heterocycles. The highest BCUT2D eigenvalue weighted by atomic mass is 32.1. The fourth-order valence-corrected chi connectivity index (χ4v) is 3.92. The Balaban J connectivity index is 2.63. The highest BCUT2D eigenvalue weighted by Crippen LogP contribution is 2.47. The number of thiophene rings is 2. The summed E-state index contributed by atoms with van der Waals surface area (Å²) >= 11 is 3.02. The van der Waals surface area contributed by atoms with E-state index in [2.05, 4.69) is 0 Å². The minimum Gasteiger partial charge on any atom is -0.506 e. The van der Waals surface area contributed by atoms with Gasteiger partial charge in [-0.2, -0.15) is 0 Å². The lowest BCUT2D eigenvalue weighted by Crippen LogP contribution is -1.71. The van der Waals surface area contributed by atoms with Crippen molar-refractivity contribution in [2.24, 2.45) is 0 Å². The van der Waals surface area contributed by atoms with Gasteiger partial charge < -0.3 is 10.2 Å². The molecule has 82 valence electrons. The molecule has 0 unspecified atom stereocenters. The molecule has 0 atom stereocenters. The van der Waals surface area contributed by atoms with Crippen molar-refractivity contribution in [3.8, 4) is 11.5 Å². The Bertz CT molecular complexity index is 592. The lowest BCUT2D eigenvalue weighted by molar-refractivity contribution is 0.480. The Labute approximate surface area is 100 Å². The van der Waals surface area contributed by atoms with Crippen molar-refractivity contribution in [3.63, 3.8) is 0 Å². The van der Waals surface area contributed by atoms with Crippen molar-refractivity contribution in [2.45, 2.75) is 13.8 Å². The maximum absolute atomic E-state index is 10.2. The zero-order valence-corrected chi connectivity index (χ0v) is 10.5. The molecule has 2 N–H and O–H groups in total.